The SMILES string of the molecule is CCNC(=NCc1ncccc1C)NC1CC=CC1. The normalized spacial score (nSPS) is 15.8. The van der Waals surface area contributed by atoms with Crippen molar-refractivity contribution in [2.45, 2.75) is 39.3 Å². The number of pyridine rings is 1. The summed E-state index contributed by atoms with van der Waals surface area (Å²) < 4.78 is 0. The molecule has 1 aliphatic carbocycles. The van der Waals surface area contributed by atoms with Gasteiger partial charge in [-0.2, -0.15) is 0 Å². The van der Waals surface area contributed by atoms with E-state index in [9.17, 15) is 0 Å². The Hall–Kier alpha value is -1.84. The van der Waals surface area contributed by atoms with Gasteiger partial charge in [0.25, 0.3) is 0 Å². The van der Waals surface area contributed by atoms with Crippen LogP contribution in [0.4, 0.5) is 0 Å². The van der Waals surface area contributed by atoms with Gasteiger partial charge in [0.05, 0.1) is 12.2 Å². The molecule has 0 amide bonds. The summed E-state index contributed by atoms with van der Waals surface area (Å²) >= 11 is 0. The minimum Gasteiger partial charge on any atom is -0.357 e. The fraction of sp³-hybridized carbons (Fsp3) is 0.467. The maximum absolute atomic E-state index is 4.61. The van der Waals surface area contributed by atoms with Crippen LogP contribution in [0.15, 0.2) is 35.5 Å². The molecule has 4 nitrogen and oxygen atoms in total. The van der Waals surface area contributed by atoms with Crippen molar-refractivity contribution in [2.75, 3.05) is 6.54 Å². The minimum absolute atomic E-state index is 0.475. The summed E-state index contributed by atoms with van der Waals surface area (Å²) in [5, 5.41) is 6.74. The monoisotopic (exact) mass is 258 g/mol. The number of hydrogen-bond donors (Lipinski definition) is 2. The molecule has 0 unspecified atom stereocenters. The molecule has 102 valence electrons. The highest BCUT2D eigenvalue weighted by Gasteiger charge is 2.11. The Kier molecular flexibility index (Phi) is 4.95. The Morgan fingerprint density at radius 3 is 2.89 bits per heavy atom. The summed E-state index contributed by atoms with van der Waals surface area (Å²) in [6.07, 6.45) is 8.40. The Labute approximate surface area is 115 Å². The zero-order valence-electron chi connectivity index (χ0n) is 11.7. The number of aliphatic imine (C=N–C) groups is 1. The lowest BCUT2D eigenvalue weighted by atomic mass is 10.2. The van der Waals surface area contributed by atoms with Gasteiger partial charge < -0.3 is 10.6 Å². The van der Waals surface area contributed by atoms with Crippen LogP contribution in [0, 0.1) is 6.92 Å². The predicted molar refractivity (Wildman–Crippen MR) is 79.1 cm³/mol. The molecule has 0 saturated carbocycles. The van der Waals surface area contributed by atoms with Crippen LogP contribution in [-0.2, 0) is 6.54 Å². The molecule has 0 aromatic carbocycles. The smallest absolute Gasteiger partial charge is 0.191 e. The van der Waals surface area contributed by atoms with Gasteiger partial charge in [-0.25, -0.2) is 4.99 Å². The van der Waals surface area contributed by atoms with E-state index < -0.39 is 0 Å². The van der Waals surface area contributed by atoms with E-state index >= 15 is 0 Å². The van der Waals surface area contributed by atoms with Gasteiger partial charge >= 0.3 is 0 Å². The Morgan fingerprint density at radius 2 is 2.21 bits per heavy atom. The molecule has 1 aromatic heterocycles. The first kappa shape index (κ1) is 13.6. The Bertz CT molecular complexity index is 457. The van der Waals surface area contributed by atoms with Crippen LogP contribution >= 0.6 is 0 Å². The quantitative estimate of drug-likeness (QED) is 0.494. The number of guanidine groups is 1. The highest BCUT2D eigenvalue weighted by atomic mass is 15.2. The van der Waals surface area contributed by atoms with E-state index in [0.29, 0.717) is 12.6 Å². The van der Waals surface area contributed by atoms with Crippen molar-refractivity contribution >= 4 is 5.96 Å². The van der Waals surface area contributed by atoms with Crippen molar-refractivity contribution in [2.24, 2.45) is 4.99 Å². The highest BCUT2D eigenvalue weighted by Crippen LogP contribution is 2.09. The molecule has 1 heterocycles. The zero-order valence-corrected chi connectivity index (χ0v) is 11.7. The van der Waals surface area contributed by atoms with E-state index in [-0.39, 0.29) is 0 Å². The van der Waals surface area contributed by atoms with Gasteiger partial charge in [0, 0.05) is 18.8 Å². The first-order chi connectivity index (χ1) is 9.29. The van der Waals surface area contributed by atoms with Gasteiger partial charge in [-0.3, -0.25) is 4.98 Å². The Balaban J connectivity index is 1.97. The van der Waals surface area contributed by atoms with E-state index in [2.05, 4.69) is 52.7 Å². The van der Waals surface area contributed by atoms with E-state index in [4.69, 9.17) is 0 Å². The minimum atomic E-state index is 0.475. The molecule has 1 aromatic rings. The number of rotatable bonds is 4. The van der Waals surface area contributed by atoms with Crippen molar-refractivity contribution in [3.63, 3.8) is 0 Å². The molecule has 2 rings (SSSR count). The van der Waals surface area contributed by atoms with Crippen LogP contribution in [0.3, 0.4) is 0 Å². The van der Waals surface area contributed by atoms with Crippen molar-refractivity contribution in [1.29, 1.82) is 0 Å². The molecule has 0 radical (unpaired) electrons. The van der Waals surface area contributed by atoms with E-state index in [1.807, 2.05) is 12.3 Å². The summed E-state index contributed by atoms with van der Waals surface area (Å²) in [6.45, 7) is 5.63. The number of aryl methyl sites for hydroxylation is 1. The fourth-order valence-corrected chi connectivity index (χ4v) is 2.09. The summed E-state index contributed by atoms with van der Waals surface area (Å²) in [5.74, 6) is 0.876. The number of nitrogens with zero attached hydrogens (tertiary/aromatic N) is 2. The molecule has 0 atom stereocenters. The molecular weight excluding hydrogens is 236 g/mol. The van der Waals surface area contributed by atoms with Gasteiger partial charge in [0.15, 0.2) is 5.96 Å². The average Bonchev–Trinajstić information content (AvgIpc) is 2.91. The van der Waals surface area contributed by atoms with E-state index in [1.165, 1.54) is 5.56 Å². The van der Waals surface area contributed by atoms with E-state index in [0.717, 1.165) is 31.0 Å². The zero-order chi connectivity index (χ0) is 13.5. The first-order valence-electron chi connectivity index (χ1n) is 6.90. The van der Waals surface area contributed by atoms with Crippen LogP contribution in [0.1, 0.15) is 31.0 Å². The van der Waals surface area contributed by atoms with Gasteiger partial charge in [0.2, 0.25) is 0 Å². The summed E-state index contributed by atoms with van der Waals surface area (Å²) in [7, 11) is 0. The standard InChI is InChI=1S/C15H22N4/c1-3-16-15(19-13-8-4-5-9-13)18-11-14-12(2)7-6-10-17-14/h4-7,10,13H,3,8-9,11H2,1-2H3,(H2,16,18,19). The van der Waals surface area contributed by atoms with Gasteiger partial charge in [-0.1, -0.05) is 18.2 Å². The third kappa shape index (κ3) is 4.09. The molecule has 4 heteroatoms. The van der Waals surface area contributed by atoms with Crippen molar-refractivity contribution in [3.8, 4) is 0 Å². The van der Waals surface area contributed by atoms with Crippen LogP contribution < -0.4 is 10.6 Å². The van der Waals surface area contributed by atoms with Crippen molar-refractivity contribution < 1.29 is 0 Å². The predicted octanol–water partition coefficient (Wildman–Crippen LogP) is 2.16. The second kappa shape index (κ2) is 6.92. The fourth-order valence-electron chi connectivity index (χ4n) is 2.09. The molecule has 0 fully saturated rings. The Morgan fingerprint density at radius 1 is 1.42 bits per heavy atom. The number of hydrogen-bond acceptors (Lipinski definition) is 2. The second-order valence-corrected chi connectivity index (χ2v) is 4.75. The van der Waals surface area contributed by atoms with Crippen LogP contribution in [0.5, 0.6) is 0 Å². The van der Waals surface area contributed by atoms with Crippen LogP contribution in [-0.4, -0.2) is 23.5 Å². The number of aromatic nitrogens is 1. The van der Waals surface area contributed by atoms with Crippen LogP contribution in [0.2, 0.25) is 0 Å². The highest BCUT2D eigenvalue weighted by molar-refractivity contribution is 5.80. The van der Waals surface area contributed by atoms with Gasteiger partial charge in [0.1, 0.15) is 0 Å². The lowest BCUT2D eigenvalue weighted by Gasteiger charge is -2.16. The summed E-state index contributed by atoms with van der Waals surface area (Å²) in [4.78, 5) is 8.98. The lowest BCUT2D eigenvalue weighted by molar-refractivity contribution is 0.633. The third-order valence-electron chi connectivity index (χ3n) is 3.20. The maximum Gasteiger partial charge on any atom is 0.191 e. The van der Waals surface area contributed by atoms with Gasteiger partial charge in [-0.05, 0) is 38.3 Å². The van der Waals surface area contributed by atoms with Crippen LogP contribution in [0.25, 0.3) is 0 Å². The topological polar surface area (TPSA) is 49.3 Å². The van der Waals surface area contributed by atoms with Crippen molar-refractivity contribution in [3.05, 3.63) is 41.7 Å². The molecule has 1 aliphatic rings. The maximum atomic E-state index is 4.61. The molecule has 0 aliphatic heterocycles. The summed E-state index contributed by atoms with van der Waals surface area (Å²) in [6, 6.07) is 4.50. The largest absolute Gasteiger partial charge is 0.357 e. The molecule has 19 heavy (non-hydrogen) atoms. The molecule has 0 saturated heterocycles. The lowest BCUT2D eigenvalue weighted by Crippen LogP contribution is -2.42. The second-order valence-electron chi connectivity index (χ2n) is 4.75. The van der Waals surface area contributed by atoms with Crippen molar-refractivity contribution in [1.82, 2.24) is 15.6 Å². The molecule has 0 bridgehead atoms. The summed E-state index contributed by atoms with van der Waals surface area (Å²) in [5.41, 5.74) is 2.22. The molecular formula is C15H22N4. The average molecular weight is 258 g/mol. The first-order valence-corrected chi connectivity index (χ1v) is 6.90. The van der Waals surface area contributed by atoms with Gasteiger partial charge in [-0.15, -0.1) is 0 Å². The van der Waals surface area contributed by atoms with E-state index in [1.54, 1.807) is 0 Å². The molecule has 2 N–H and O–H groups in total. The third-order valence-corrected chi connectivity index (χ3v) is 3.20. The number of nitrogens with one attached hydrogen (secondary N) is 2. The molecule has 0 spiro atoms.